The van der Waals surface area contributed by atoms with Gasteiger partial charge in [0.2, 0.25) is 5.95 Å². The molecule has 214 valence electrons. The van der Waals surface area contributed by atoms with Crippen molar-refractivity contribution in [2.75, 3.05) is 24.7 Å². The molecule has 6 heterocycles. The fraction of sp³-hybridized carbons (Fsp3) is 0.500. The van der Waals surface area contributed by atoms with Crippen molar-refractivity contribution >= 4 is 52.6 Å². The summed E-state index contributed by atoms with van der Waals surface area (Å²) in [6, 6.07) is 0. The number of imidazole rings is 2. The molecule has 0 radical (unpaired) electrons. The molecule has 0 aromatic carbocycles. The highest BCUT2D eigenvalue weighted by Crippen LogP contribution is 2.46. The smallest absolute Gasteiger partial charge is 0.280 e. The van der Waals surface area contributed by atoms with Gasteiger partial charge in [-0.05, 0) is 0 Å². The molecule has 7 atom stereocenters. The number of nitrogen functional groups attached to an aromatic ring is 2. The molecular weight excluding hydrogens is 571 g/mol. The quantitative estimate of drug-likeness (QED) is 0.138. The van der Waals surface area contributed by atoms with Crippen LogP contribution in [0.1, 0.15) is 25.3 Å². The van der Waals surface area contributed by atoms with Crippen LogP contribution in [-0.4, -0.2) is 86.9 Å². The maximum atomic E-state index is 13.1. The lowest BCUT2D eigenvalue weighted by atomic mass is 10.2. The second-order valence-corrected chi connectivity index (χ2v) is 11.9. The molecule has 2 aliphatic heterocycles. The molecule has 0 bridgehead atoms. The zero-order valence-electron chi connectivity index (χ0n) is 20.5. The molecule has 40 heavy (non-hydrogen) atoms. The van der Waals surface area contributed by atoms with E-state index in [1.807, 2.05) is 0 Å². The van der Waals surface area contributed by atoms with Gasteiger partial charge in [0.25, 0.3) is 5.56 Å². The number of fused-ring (bicyclic) bond motifs is 2. The number of aromatic amines is 1. The summed E-state index contributed by atoms with van der Waals surface area (Å²) in [7, 11) is 0. The maximum Gasteiger partial charge on any atom is 0.280 e. The molecule has 2 fully saturated rings. The fourth-order valence-electron chi connectivity index (χ4n) is 4.78. The zero-order valence-corrected chi connectivity index (χ0v) is 22.2. The third-order valence-electron chi connectivity index (χ3n) is 6.68. The number of nitrogens with two attached hydrogens (primary N) is 2. The van der Waals surface area contributed by atoms with E-state index in [4.69, 9.17) is 41.8 Å². The van der Waals surface area contributed by atoms with Crippen LogP contribution in [0.3, 0.4) is 0 Å². The van der Waals surface area contributed by atoms with Crippen LogP contribution < -0.4 is 21.9 Å². The number of aliphatic hydroxyl groups is 2. The van der Waals surface area contributed by atoms with E-state index < -0.39 is 55.8 Å². The van der Waals surface area contributed by atoms with Gasteiger partial charge in [0.1, 0.15) is 43.2 Å². The Balaban J connectivity index is 1.10. The number of hydrogen-bond acceptors (Lipinski definition) is 16. The van der Waals surface area contributed by atoms with Gasteiger partial charge in [-0.3, -0.25) is 18.9 Å². The third-order valence-corrected chi connectivity index (χ3v) is 8.25. The van der Waals surface area contributed by atoms with Crippen LogP contribution in [0, 0.1) is 0 Å². The number of nitrogens with one attached hydrogen (secondary N) is 1. The summed E-state index contributed by atoms with van der Waals surface area (Å²) in [5.41, 5.74) is 12.0. The topological polar surface area (TPSA) is 260 Å². The van der Waals surface area contributed by atoms with Gasteiger partial charge in [0, 0.05) is 12.8 Å². The van der Waals surface area contributed by atoms with Crippen molar-refractivity contribution in [3.05, 3.63) is 29.3 Å². The van der Waals surface area contributed by atoms with E-state index in [2.05, 4.69) is 29.9 Å². The lowest BCUT2D eigenvalue weighted by molar-refractivity contribution is -0.215. The van der Waals surface area contributed by atoms with Crippen molar-refractivity contribution in [3.63, 3.8) is 0 Å². The molecule has 4 aromatic rings. The van der Waals surface area contributed by atoms with E-state index in [0.717, 1.165) is 0 Å². The zero-order chi connectivity index (χ0) is 28.2. The SMILES string of the molecule is Nc1nc2c(ncn2[C@H]2C[C@H](OP([O-])(=S)OC[C@H]3O[C@@H](n4cnc5c(N)ncnc54)C[C@@H]3O)[C@@H](CO)O2)c(=O)[nH]1. The summed E-state index contributed by atoms with van der Waals surface area (Å²) in [5, 5.41) is 20.4. The highest BCUT2D eigenvalue weighted by molar-refractivity contribution is 8.06. The summed E-state index contributed by atoms with van der Waals surface area (Å²) in [6.45, 7) is -4.94. The van der Waals surface area contributed by atoms with Crippen molar-refractivity contribution in [1.82, 2.24) is 39.0 Å². The molecule has 2 aliphatic rings. The fourth-order valence-corrected chi connectivity index (χ4v) is 6.24. The van der Waals surface area contributed by atoms with Crippen molar-refractivity contribution in [2.24, 2.45) is 0 Å². The minimum Gasteiger partial charge on any atom is -0.780 e. The Kier molecular flexibility index (Phi) is 7.01. The minimum atomic E-state index is -4.13. The summed E-state index contributed by atoms with van der Waals surface area (Å²) in [4.78, 5) is 47.9. The molecule has 2 saturated heterocycles. The Morgan fingerprint density at radius 1 is 1.10 bits per heavy atom. The van der Waals surface area contributed by atoms with Crippen molar-refractivity contribution in [1.29, 1.82) is 0 Å². The third kappa shape index (κ3) is 4.95. The maximum absolute atomic E-state index is 13.1. The Hall–Kier alpha value is -3.13. The molecule has 1 unspecified atom stereocenters. The number of anilines is 2. The van der Waals surface area contributed by atoms with Crippen LogP contribution in [0.5, 0.6) is 0 Å². The Bertz CT molecular complexity index is 1660. The van der Waals surface area contributed by atoms with Gasteiger partial charge in [0.15, 0.2) is 22.6 Å². The van der Waals surface area contributed by atoms with Gasteiger partial charge >= 0.3 is 0 Å². The first-order valence-corrected chi connectivity index (χ1v) is 14.6. The first-order valence-electron chi connectivity index (χ1n) is 12.0. The van der Waals surface area contributed by atoms with Crippen LogP contribution in [0.4, 0.5) is 11.8 Å². The number of H-pyrrole nitrogens is 1. The van der Waals surface area contributed by atoms with Gasteiger partial charge in [-0.25, -0.2) is 19.9 Å². The van der Waals surface area contributed by atoms with E-state index in [9.17, 15) is 19.9 Å². The number of ether oxygens (including phenoxy) is 2. The molecular formula is C20H24N10O8PS-. The number of aromatic nitrogens is 8. The van der Waals surface area contributed by atoms with Gasteiger partial charge in [-0.15, -0.1) is 0 Å². The number of rotatable bonds is 8. The number of hydrogen-bond donors (Lipinski definition) is 5. The van der Waals surface area contributed by atoms with E-state index in [-0.39, 0.29) is 42.4 Å². The van der Waals surface area contributed by atoms with Crippen LogP contribution in [0.25, 0.3) is 22.3 Å². The highest BCUT2D eigenvalue weighted by atomic mass is 32.5. The van der Waals surface area contributed by atoms with Crippen LogP contribution in [0.15, 0.2) is 23.8 Å². The van der Waals surface area contributed by atoms with Crippen molar-refractivity contribution < 1.29 is 33.6 Å². The van der Waals surface area contributed by atoms with Gasteiger partial charge in [-0.2, -0.15) is 4.98 Å². The van der Waals surface area contributed by atoms with Crippen LogP contribution in [0.2, 0.25) is 0 Å². The van der Waals surface area contributed by atoms with Crippen LogP contribution in [-0.2, 0) is 30.3 Å². The van der Waals surface area contributed by atoms with Crippen molar-refractivity contribution in [2.45, 2.75) is 49.7 Å². The highest BCUT2D eigenvalue weighted by Gasteiger charge is 2.40. The average molecular weight is 596 g/mol. The first-order chi connectivity index (χ1) is 19.1. The van der Waals surface area contributed by atoms with E-state index in [1.54, 1.807) is 4.57 Å². The van der Waals surface area contributed by atoms with Crippen molar-refractivity contribution in [3.8, 4) is 0 Å². The van der Waals surface area contributed by atoms with Gasteiger partial charge in [0.05, 0.1) is 38.1 Å². The van der Waals surface area contributed by atoms with Crippen LogP contribution >= 0.6 is 6.72 Å². The minimum absolute atomic E-state index is 0.0491. The standard InChI is InChI=1S/C20H25N10O8PS/c21-16-14-17(24-5-23-16)29(6-25-14)12-1-8(32)11(37-12)4-35-39(34,40)38-9-2-13(36-10(9)3-31)30-7-26-15-18(30)27-20(22)28-19(15)33/h5-13,31-32H,1-4H2,(H,34,40)(H2,21,23,24)(H3,22,27,28,33)/p-1/t8-,9-,10+,11+,12+,13+,39?/m0/s1. The normalized spacial score (nSPS) is 28.5. The molecule has 0 aliphatic carbocycles. The molecule has 4 aromatic heterocycles. The van der Waals surface area contributed by atoms with E-state index in [0.29, 0.717) is 11.2 Å². The molecule has 0 spiro atoms. The summed E-state index contributed by atoms with van der Waals surface area (Å²) < 4.78 is 25.8. The summed E-state index contributed by atoms with van der Waals surface area (Å²) >= 11 is 5.09. The lowest BCUT2D eigenvalue weighted by Crippen LogP contribution is -2.31. The second kappa shape index (κ2) is 10.4. The summed E-state index contributed by atoms with van der Waals surface area (Å²) in [6.07, 6.45) is -0.741. The Morgan fingerprint density at radius 3 is 2.58 bits per heavy atom. The molecule has 18 nitrogen and oxygen atoms in total. The lowest BCUT2D eigenvalue weighted by Gasteiger charge is -2.32. The molecule has 6 rings (SSSR count). The monoisotopic (exact) mass is 595 g/mol. The number of aliphatic hydroxyl groups excluding tert-OH is 2. The molecule has 7 N–H and O–H groups in total. The molecule has 0 saturated carbocycles. The Morgan fingerprint density at radius 2 is 1.80 bits per heavy atom. The predicted molar refractivity (Wildman–Crippen MR) is 138 cm³/mol. The molecule has 20 heteroatoms. The van der Waals surface area contributed by atoms with Gasteiger partial charge in [-0.1, -0.05) is 11.8 Å². The average Bonchev–Trinajstić information content (AvgIpc) is 3.67. The predicted octanol–water partition coefficient (Wildman–Crippen LogP) is -1.96. The summed E-state index contributed by atoms with van der Waals surface area (Å²) in [5.74, 6) is 0.102. The van der Waals surface area contributed by atoms with E-state index >= 15 is 0 Å². The first kappa shape index (κ1) is 27.1. The van der Waals surface area contributed by atoms with E-state index in [1.165, 1.54) is 23.5 Å². The number of nitrogens with zero attached hydrogens (tertiary/aromatic N) is 7. The Labute approximate surface area is 229 Å². The largest absolute Gasteiger partial charge is 0.780 e. The van der Waals surface area contributed by atoms with Gasteiger partial charge < -0.3 is 45.1 Å². The molecule has 0 amide bonds. The second-order valence-electron chi connectivity index (χ2n) is 9.22.